The first-order valence-electron chi connectivity index (χ1n) is 5.74. The van der Waals surface area contributed by atoms with Crippen LogP contribution >= 0.6 is 15.9 Å². The fourth-order valence-corrected chi connectivity index (χ4v) is 3.94. The molecule has 1 amide bonds. The van der Waals surface area contributed by atoms with Gasteiger partial charge in [-0.1, -0.05) is 0 Å². The highest BCUT2D eigenvalue weighted by Gasteiger charge is 2.25. The van der Waals surface area contributed by atoms with Gasteiger partial charge < -0.3 is 15.5 Å². The molecule has 20 heavy (non-hydrogen) atoms. The number of amides is 1. The van der Waals surface area contributed by atoms with E-state index in [1.54, 1.807) is 0 Å². The highest BCUT2D eigenvalue weighted by Crippen LogP contribution is 2.32. The molecule has 4 N–H and O–H groups in total. The number of aliphatic hydroxyl groups excluding tert-OH is 2. The molecule has 1 aliphatic heterocycles. The molecule has 0 radical (unpaired) electrons. The van der Waals surface area contributed by atoms with Crippen molar-refractivity contribution < 1.29 is 23.4 Å². The first kappa shape index (κ1) is 15.4. The summed E-state index contributed by atoms with van der Waals surface area (Å²) in [5.41, 5.74) is 1.18. The standard InChI is InChI=1S/C11H13BrN2O5S/c12-8-3-9-6(2-11(17)14-9)1-10(8)20(18,19)13-4-7(16)5-15/h1,3,7,13,15-16H,2,4-5H2,(H,14,17). The molecule has 1 aromatic carbocycles. The molecule has 0 aliphatic carbocycles. The Morgan fingerprint density at radius 3 is 2.80 bits per heavy atom. The molecule has 0 bridgehead atoms. The summed E-state index contributed by atoms with van der Waals surface area (Å²) in [6.07, 6.45) is -1.04. The van der Waals surface area contributed by atoms with Crippen molar-refractivity contribution in [1.82, 2.24) is 4.72 Å². The number of rotatable bonds is 5. The van der Waals surface area contributed by atoms with E-state index in [2.05, 4.69) is 26.0 Å². The summed E-state index contributed by atoms with van der Waals surface area (Å²) >= 11 is 3.15. The van der Waals surface area contributed by atoms with Crippen molar-refractivity contribution >= 4 is 37.5 Å². The third kappa shape index (κ3) is 3.18. The molecular formula is C11H13BrN2O5S. The van der Waals surface area contributed by atoms with Gasteiger partial charge in [-0.25, -0.2) is 13.1 Å². The lowest BCUT2D eigenvalue weighted by atomic mass is 10.2. The van der Waals surface area contributed by atoms with Gasteiger partial charge >= 0.3 is 0 Å². The Labute approximate surface area is 124 Å². The summed E-state index contributed by atoms with van der Waals surface area (Å²) in [5, 5.41) is 20.5. The van der Waals surface area contributed by atoms with Crippen LogP contribution in [0, 0.1) is 0 Å². The molecule has 0 spiro atoms. The lowest BCUT2D eigenvalue weighted by molar-refractivity contribution is -0.115. The Morgan fingerprint density at radius 1 is 1.45 bits per heavy atom. The average molecular weight is 365 g/mol. The van der Waals surface area contributed by atoms with Gasteiger partial charge in [0.05, 0.1) is 24.0 Å². The molecule has 0 fully saturated rings. The third-order valence-corrected chi connectivity index (χ3v) is 5.17. The monoisotopic (exact) mass is 364 g/mol. The fraction of sp³-hybridized carbons (Fsp3) is 0.364. The van der Waals surface area contributed by atoms with E-state index < -0.39 is 22.7 Å². The van der Waals surface area contributed by atoms with Crippen LogP contribution in [-0.4, -0.2) is 43.8 Å². The smallest absolute Gasteiger partial charge is 0.241 e. The molecule has 0 aromatic heterocycles. The Morgan fingerprint density at radius 2 is 2.15 bits per heavy atom. The average Bonchev–Trinajstić information content (AvgIpc) is 2.74. The van der Waals surface area contributed by atoms with Gasteiger partial charge in [-0.05, 0) is 33.6 Å². The number of halogens is 1. The number of aliphatic hydroxyl groups is 2. The van der Waals surface area contributed by atoms with Gasteiger partial charge in [0, 0.05) is 16.7 Å². The van der Waals surface area contributed by atoms with Crippen LogP contribution < -0.4 is 10.0 Å². The molecule has 1 heterocycles. The van der Waals surface area contributed by atoms with Crippen molar-refractivity contribution in [3.05, 3.63) is 22.2 Å². The van der Waals surface area contributed by atoms with Crippen molar-refractivity contribution in [3.63, 3.8) is 0 Å². The van der Waals surface area contributed by atoms with Crippen LogP contribution in [0.4, 0.5) is 5.69 Å². The molecular weight excluding hydrogens is 352 g/mol. The van der Waals surface area contributed by atoms with Gasteiger partial charge in [-0.2, -0.15) is 0 Å². The SMILES string of the molecule is O=C1Cc2cc(S(=O)(=O)NCC(O)CO)c(Br)cc2N1. The lowest BCUT2D eigenvalue weighted by Crippen LogP contribution is -2.34. The first-order valence-corrected chi connectivity index (χ1v) is 8.02. The highest BCUT2D eigenvalue weighted by atomic mass is 79.9. The zero-order chi connectivity index (χ0) is 14.9. The van der Waals surface area contributed by atoms with Crippen molar-refractivity contribution in [2.45, 2.75) is 17.4 Å². The second-order valence-electron chi connectivity index (χ2n) is 4.35. The summed E-state index contributed by atoms with van der Waals surface area (Å²) in [7, 11) is -3.84. The van der Waals surface area contributed by atoms with E-state index in [-0.39, 0.29) is 23.8 Å². The fourth-order valence-electron chi connectivity index (χ4n) is 1.78. The second-order valence-corrected chi connectivity index (χ2v) is 6.94. The Hall–Kier alpha value is -1.00. The minimum Gasteiger partial charge on any atom is -0.394 e. The molecule has 1 atom stereocenters. The van der Waals surface area contributed by atoms with Crippen LogP contribution in [0.2, 0.25) is 0 Å². The van der Waals surface area contributed by atoms with Crippen molar-refractivity contribution in [2.75, 3.05) is 18.5 Å². The summed E-state index contributed by atoms with van der Waals surface area (Å²) in [6, 6.07) is 2.93. The first-order chi connectivity index (χ1) is 9.33. The van der Waals surface area contributed by atoms with Crippen LogP contribution in [0.3, 0.4) is 0 Å². The van der Waals surface area contributed by atoms with E-state index in [1.807, 2.05) is 0 Å². The van der Waals surface area contributed by atoms with Crippen LogP contribution in [0.1, 0.15) is 5.56 Å². The maximum absolute atomic E-state index is 12.1. The number of anilines is 1. The normalized spacial score (nSPS) is 15.8. The van der Waals surface area contributed by atoms with E-state index in [0.717, 1.165) is 0 Å². The topological polar surface area (TPSA) is 116 Å². The van der Waals surface area contributed by atoms with Crippen LogP contribution in [-0.2, 0) is 21.2 Å². The van der Waals surface area contributed by atoms with Gasteiger partial charge in [0.2, 0.25) is 15.9 Å². The maximum atomic E-state index is 12.1. The number of carbonyl (C=O) groups excluding carboxylic acids is 1. The zero-order valence-electron chi connectivity index (χ0n) is 10.3. The van der Waals surface area contributed by atoms with Crippen molar-refractivity contribution in [2.24, 2.45) is 0 Å². The largest absolute Gasteiger partial charge is 0.394 e. The molecule has 2 rings (SSSR count). The van der Waals surface area contributed by atoms with E-state index in [0.29, 0.717) is 15.7 Å². The number of fused-ring (bicyclic) bond motifs is 1. The zero-order valence-corrected chi connectivity index (χ0v) is 12.7. The van der Waals surface area contributed by atoms with Gasteiger partial charge in [0.1, 0.15) is 0 Å². The lowest BCUT2D eigenvalue weighted by Gasteiger charge is -2.12. The van der Waals surface area contributed by atoms with Gasteiger partial charge in [-0.15, -0.1) is 0 Å². The molecule has 1 unspecified atom stereocenters. The van der Waals surface area contributed by atoms with Gasteiger partial charge in [0.25, 0.3) is 0 Å². The van der Waals surface area contributed by atoms with E-state index in [4.69, 9.17) is 5.11 Å². The maximum Gasteiger partial charge on any atom is 0.241 e. The van der Waals surface area contributed by atoms with Crippen LogP contribution in [0.15, 0.2) is 21.5 Å². The summed E-state index contributed by atoms with van der Waals surface area (Å²) < 4.78 is 26.7. The van der Waals surface area contributed by atoms with Gasteiger partial charge in [0.15, 0.2) is 0 Å². The minimum absolute atomic E-state index is 0.0158. The van der Waals surface area contributed by atoms with Gasteiger partial charge in [-0.3, -0.25) is 4.79 Å². The minimum atomic E-state index is -3.84. The molecule has 0 saturated carbocycles. The summed E-state index contributed by atoms with van der Waals surface area (Å²) in [5.74, 6) is -0.190. The predicted molar refractivity (Wildman–Crippen MR) is 74.8 cm³/mol. The number of hydrogen-bond donors (Lipinski definition) is 4. The van der Waals surface area contributed by atoms with Crippen molar-refractivity contribution in [1.29, 1.82) is 0 Å². The summed E-state index contributed by atoms with van der Waals surface area (Å²) in [4.78, 5) is 11.3. The number of sulfonamides is 1. The van der Waals surface area contributed by atoms with E-state index >= 15 is 0 Å². The number of nitrogens with one attached hydrogen (secondary N) is 2. The second kappa shape index (κ2) is 5.78. The highest BCUT2D eigenvalue weighted by molar-refractivity contribution is 9.10. The predicted octanol–water partition coefficient (Wildman–Crippen LogP) is -0.425. The number of hydrogen-bond acceptors (Lipinski definition) is 5. The van der Waals surface area contributed by atoms with E-state index in [1.165, 1.54) is 12.1 Å². The third-order valence-electron chi connectivity index (χ3n) is 2.79. The Bertz CT molecular complexity index is 646. The van der Waals surface area contributed by atoms with Crippen LogP contribution in [0.25, 0.3) is 0 Å². The molecule has 7 nitrogen and oxygen atoms in total. The van der Waals surface area contributed by atoms with Crippen LogP contribution in [0.5, 0.6) is 0 Å². The summed E-state index contributed by atoms with van der Waals surface area (Å²) in [6.45, 7) is -0.828. The molecule has 0 saturated heterocycles. The quantitative estimate of drug-likeness (QED) is 0.566. The molecule has 1 aromatic rings. The Balaban J connectivity index is 2.29. The number of carbonyl (C=O) groups is 1. The molecule has 9 heteroatoms. The Kier molecular flexibility index (Phi) is 4.45. The van der Waals surface area contributed by atoms with Crippen molar-refractivity contribution in [3.8, 4) is 0 Å². The molecule has 110 valence electrons. The molecule has 1 aliphatic rings. The van der Waals surface area contributed by atoms with E-state index in [9.17, 15) is 18.3 Å². The number of benzene rings is 1.